The molecule has 0 unspecified atom stereocenters. The highest BCUT2D eigenvalue weighted by Crippen LogP contribution is 2.43. The van der Waals surface area contributed by atoms with E-state index in [1.54, 1.807) is 0 Å². The van der Waals surface area contributed by atoms with Crippen LogP contribution in [0.3, 0.4) is 0 Å². The first-order chi connectivity index (χ1) is 30.4. The van der Waals surface area contributed by atoms with Gasteiger partial charge in [-0.15, -0.1) is 0 Å². The third-order valence-electron chi connectivity index (χ3n) is 12.4. The SMILES string of the molecule is Cc1ccccc1N(c1ccc(-c2cccc3ccccc23)cc1)c1ccc(-c2ccc(N(c3ccc(-c4cccc5ccccc45)cc3)c3ccccc3C)c(C)c2)cc1C. The number of hydrogen-bond acceptors (Lipinski definition) is 2. The van der Waals surface area contributed by atoms with Crippen molar-refractivity contribution in [3.05, 3.63) is 241 Å². The first-order valence-electron chi connectivity index (χ1n) is 21.5. The lowest BCUT2D eigenvalue weighted by atomic mass is 9.97. The second-order valence-corrected chi connectivity index (χ2v) is 16.4. The molecule has 0 spiro atoms. The molecule has 10 aromatic carbocycles. The van der Waals surface area contributed by atoms with Crippen LogP contribution in [0, 0.1) is 27.7 Å². The summed E-state index contributed by atoms with van der Waals surface area (Å²) in [5.74, 6) is 0. The Hall–Kier alpha value is -7.68. The third kappa shape index (κ3) is 7.20. The van der Waals surface area contributed by atoms with Crippen molar-refractivity contribution in [2.75, 3.05) is 9.80 Å². The van der Waals surface area contributed by atoms with Gasteiger partial charge in [0.2, 0.25) is 0 Å². The van der Waals surface area contributed by atoms with E-state index in [0.717, 1.165) is 22.7 Å². The average Bonchev–Trinajstić information content (AvgIpc) is 3.31. The van der Waals surface area contributed by atoms with Crippen LogP contribution < -0.4 is 9.80 Å². The number of para-hydroxylation sites is 2. The lowest BCUT2D eigenvalue weighted by Crippen LogP contribution is -2.13. The highest BCUT2D eigenvalue weighted by Gasteiger charge is 2.20. The van der Waals surface area contributed by atoms with Crippen LogP contribution in [0.4, 0.5) is 34.1 Å². The monoisotopic (exact) mass is 796 g/mol. The van der Waals surface area contributed by atoms with Crippen molar-refractivity contribution < 1.29 is 0 Å². The van der Waals surface area contributed by atoms with Gasteiger partial charge in [-0.25, -0.2) is 0 Å². The van der Waals surface area contributed by atoms with Crippen molar-refractivity contribution in [3.8, 4) is 33.4 Å². The van der Waals surface area contributed by atoms with Crippen LogP contribution in [0.5, 0.6) is 0 Å². The van der Waals surface area contributed by atoms with Gasteiger partial charge in [-0.05, 0) is 166 Å². The molecular weight excluding hydrogens is 749 g/mol. The fourth-order valence-corrected chi connectivity index (χ4v) is 9.15. The molecule has 0 aliphatic carbocycles. The van der Waals surface area contributed by atoms with Crippen molar-refractivity contribution in [3.63, 3.8) is 0 Å². The van der Waals surface area contributed by atoms with Gasteiger partial charge in [0, 0.05) is 34.1 Å². The number of benzene rings is 10. The minimum Gasteiger partial charge on any atom is -0.310 e. The Bertz CT molecular complexity index is 3000. The van der Waals surface area contributed by atoms with Gasteiger partial charge in [0.15, 0.2) is 0 Å². The van der Waals surface area contributed by atoms with E-state index in [0.29, 0.717) is 0 Å². The number of rotatable bonds is 9. The van der Waals surface area contributed by atoms with Crippen LogP contribution in [0.2, 0.25) is 0 Å². The Labute approximate surface area is 365 Å². The zero-order valence-electron chi connectivity index (χ0n) is 35.7. The van der Waals surface area contributed by atoms with Crippen LogP contribution in [-0.2, 0) is 0 Å². The van der Waals surface area contributed by atoms with Crippen LogP contribution in [-0.4, -0.2) is 0 Å². The summed E-state index contributed by atoms with van der Waals surface area (Å²) < 4.78 is 0. The van der Waals surface area contributed by atoms with Crippen molar-refractivity contribution in [1.82, 2.24) is 0 Å². The van der Waals surface area contributed by atoms with Gasteiger partial charge in [-0.2, -0.15) is 0 Å². The molecule has 0 saturated carbocycles. The molecule has 0 radical (unpaired) electrons. The number of aryl methyl sites for hydroxylation is 4. The highest BCUT2D eigenvalue weighted by atomic mass is 15.2. The smallest absolute Gasteiger partial charge is 0.0491 e. The van der Waals surface area contributed by atoms with Crippen molar-refractivity contribution in [2.24, 2.45) is 0 Å². The number of fused-ring (bicyclic) bond motifs is 2. The van der Waals surface area contributed by atoms with Crippen molar-refractivity contribution in [1.29, 1.82) is 0 Å². The molecule has 2 nitrogen and oxygen atoms in total. The summed E-state index contributed by atoms with van der Waals surface area (Å²) in [6.45, 7) is 8.86. The maximum Gasteiger partial charge on any atom is 0.0491 e. The maximum absolute atomic E-state index is 2.40. The molecule has 0 saturated heterocycles. The summed E-state index contributed by atoms with van der Waals surface area (Å²) in [5, 5.41) is 5.04. The van der Waals surface area contributed by atoms with Crippen LogP contribution >= 0.6 is 0 Å². The first-order valence-corrected chi connectivity index (χ1v) is 21.5. The van der Waals surface area contributed by atoms with Gasteiger partial charge in [0.05, 0.1) is 0 Å². The molecule has 0 fully saturated rings. The number of hydrogen-bond donors (Lipinski definition) is 0. The molecule has 62 heavy (non-hydrogen) atoms. The molecule has 10 rings (SSSR count). The molecule has 0 amide bonds. The van der Waals surface area contributed by atoms with Gasteiger partial charge in [0.1, 0.15) is 0 Å². The van der Waals surface area contributed by atoms with E-state index < -0.39 is 0 Å². The fourth-order valence-electron chi connectivity index (χ4n) is 9.15. The summed E-state index contributed by atoms with van der Waals surface area (Å²) in [6, 6.07) is 79.6. The molecule has 2 heteroatoms. The molecule has 0 bridgehead atoms. The molecule has 10 aromatic rings. The summed E-state index contributed by atoms with van der Waals surface area (Å²) in [6.07, 6.45) is 0. The number of nitrogens with zero attached hydrogens (tertiary/aromatic N) is 2. The Morgan fingerprint density at radius 1 is 0.258 bits per heavy atom. The third-order valence-corrected chi connectivity index (χ3v) is 12.4. The molecular formula is C60H48N2. The second kappa shape index (κ2) is 16.4. The largest absolute Gasteiger partial charge is 0.310 e. The van der Waals surface area contributed by atoms with Crippen molar-refractivity contribution in [2.45, 2.75) is 27.7 Å². The Morgan fingerprint density at radius 3 is 1.00 bits per heavy atom. The molecule has 0 aromatic heterocycles. The van der Waals surface area contributed by atoms with Gasteiger partial charge in [-0.1, -0.05) is 158 Å². The Balaban J connectivity index is 0.992. The molecule has 0 N–H and O–H groups in total. The predicted octanol–water partition coefficient (Wildman–Crippen LogP) is 17.2. The Kier molecular flexibility index (Phi) is 10.2. The van der Waals surface area contributed by atoms with Gasteiger partial charge in [-0.3, -0.25) is 0 Å². The molecule has 0 atom stereocenters. The first kappa shape index (κ1) is 38.5. The van der Waals surface area contributed by atoms with E-state index in [1.807, 2.05) is 0 Å². The van der Waals surface area contributed by atoms with E-state index in [2.05, 4.69) is 256 Å². The minimum absolute atomic E-state index is 1.13. The quantitative estimate of drug-likeness (QED) is 0.144. The van der Waals surface area contributed by atoms with Gasteiger partial charge < -0.3 is 9.80 Å². The summed E-state index contributed by atoms with van der Waals surface area (Å²) in [7, 11) is 0. The molecule has 0 aliphatic rings. The van der Waals surface area contributed by atoms with E-state index in [4.69, 9.17) is 0 Å². The minimum atomic E-state index is 1.13. The van der Waals surface area contributed by atoms with Crippen LogP contribution in [0.1, 0.15) is 22.3 Å². The van der Waals surface area contributed by atoms with Crippen LogP contribution in [0.15, 0.2) is 218 Å². The normalized spacial score (nSPS) is 11.2. The lowest BCUT2D eigenvalue weighted by Gasteiger charge is -2.29. The molecule has 298 valence electrons. The summed E-state index contributed by atoms with van der Waals surface area (Å²) in [4.78, 5) is 4.81. The van der Waals surface area contributed by atoms with Gasteiger partial charge >= 0.3 is 0 Å². The van der Waals surface area contributed by atoms with E-state index in [-0.39, 0.29) is 0 Å². The second-order valence-electron chi connectivity index (χ2n) is 16.4. The maximum atomic E-state index is 2.40. The molecule has 0 aliphatic heterocycles. The van der Waals surface area contributed by atoms with Gasteiger partial charge in [0.25, 0.3) is 0 Å². The van der Waals surface area contributed by atoms with Crippen LogP contribution in [0.25, 0.3) is 54.9 Å². The average molecular weight is 797 g/mol. The van der Waals surface area contributed by atoms with E-state index >= 15 is 0 Å². The topological polar surface area (TPSA) is 6.48 Å². The van der Waals surface area contributed by atoms with E-state index in [1.165, 1.54) is 88.6 Å². The van der Waals surface area contributed by atoms with E-state index in [9.17, 15) is 0 Å². The van der Waals surface area contributed by atoms with Crippen molar-refractivity contribution >= 4 is 55.7 Å². The fraction of sp³-hybridized carbons (Fsp3) is 0.0667. The summed E-state index contributed by atoms with van der Waals surface area (Å²) >= 11 is 0. The Morgan fingerprint density at radius 2 is 0.597 bits per heavy atom. The highest BCUT2D eigenvalue weighted by molar-refractivity contribution is 5.98. The number of anilines is 6. The lowest BCUT2D eigenvalue weighted by molar-refractivity contribution is 1.22. The summed E-state index contributed by atoms with van der Waals surface area (Å²) in [5.41, 5.74) is 19.1. The predicted molar refractivity (Wildman–Crippen MR) is 266 cm³/mol. The zero-order valence-corrected chi connectivity index (χ0v) is 35.7. The zero-order chi connectivity index (χ0) is 42.2. The molecule has 0 heterocycles. The standard InChI is InChI=1S/C60H48N2/c1-41-15-5-11-25-57(41)61(51-33-27-47(28-34-51)55-23-13-19-45-17-7-9-21-53(45)55)59-37-31-49(39-43(59)3)50-32-38-60(44(4)40-50)62(58-26-12-6-16-42(58)2)52-35-29-48(30-36-52)56-24-14-20-46-18-8-10-22-54(46)56/h5-40H,1-4H3.